The molecule has 3 heterocycles. The highest BCUT2D eigenvalue weighted by Gasteiger charge is 2.20. The Bertz CT molecular complexity index is 2290. The van der Waals surface area contributed by atoms with Gasteiger partial charge in [0.05, 0.1) is 27.5 Å². The van der Waals surface area contributed by atoms with E-state index in [1.807, 2.05) is 13.0 Å². The lowest BCUT2D eigenvalue weighted by Gasteiger charge is -2.10. The number of aryl methyl sites for hydroxylation is 1. The first-order valence-electron chi connectivity index (χ1n) is 13.6. The molecule has 0 unspecified atom stereocenters. The van der Waals surface area contributed by atoms with Crippen LogP contribution in [-0.4, -0.2) is 9.13 Å². The minimum absolute atomic E-state index is 0.910. The van der Waals surface area contributed by atoms with Crippen molar-refractivity contribution in [2.45, 2.75) is 6.92 Å². The molecule has 0 aliphatic heterocycles. The highest BCUT2D eigenvalue weighted by molar-refractivity contribution is 6.21. The Kier molecular flexibility index (Phi) is 4.89. The van der Waals surface area contributed by atoms with Crippen LogP contribution in [-0.2, 0) is 0 Å². The molecule has 190 valence electrons. The van der Waals surface area contributed by atoms with Gasteiger partial charge in [0.25, 0.3) is 0 Å². The molecule has 5 aromatic carbocycles. The number of fused-ring (bicyclic) bond motifs is 8. The molecule has 0 radical (unpaired) electrons. The Labute approximate surface area is 231 Å². The number of aromatic nitrogens is 2. The molecule has 0 spiro atoms. The van der Waals surface area contributed by atoms with Gasteiger partial charge in [0, 0.05) is 38.5 Å². The van der Waals surface area contributed by atoms with Crippen LogP contribution in [0, 0.1) is 6.92 Å². The van der Waals surface area contributed by atoms with Gasteiger partial charge in [0.2, 0.25) is 0 Å². The van der Waals surface area contributed by atoms with Gasteiger partial charge in [-0.2, -0.15) is 0 Å². The van der Waals surface area contributed by atoms with Crippen molar-refractivity contribution < 1.29 is 4.42 Å². The first-order valence-corrected chi connectivity index (χ1v) is 13.6. The van der Waals surface area contributed by atoms with Gasteiger partial charge >= 0.3 is 0 Å². The van der Waals surface area contributed by atoms with Gasteiger partial charge in [-0.15, -0.1) is 0 Å². The van der Waals surface area contributed by atoms with E-state index in [0.29, 0.717) is 0 Å². The summed E-state index contributed by atoms with van der Waals surface area (Å²) in [6.45, 7) is 5.87. The van der Waals surface area contributed by atoms with E-state index in [9.17, 15) is 0 Å². The maximum atomic E-state index is 6.44. The van der Waals surface area contributed by atoms with E-state index in [-0.39, 0.29) is 0 Å². The molecular weight excluding hydrogens is 488 g/mol. The van der Waals surface area contributed by atoms with Crippen molar-refractivity contribution in [2.24, 2.45) is 0 Å². The topological polar surface area (TPSA) is 23.0 Å². The third-order valence-corrected chi connectivity index (χ3v) is 8.04. The first kappa shape index (κ1) is 22.7. The standard InChI is InChI=1S/C37H26N2O/c1-3-4-14-27-24(2)40-37-29(27)20-22-35-36(37)30-16-9-11-18-33(30)39(35)26-19-21-34-31(23-26)28-15-8-10-17-32(28)38(34)25-12-6-5-7-13-25/h3-23H,1H2,2H3/b14-4-. The molecule has 8 aromatic rings. The van der Waals surface area contributed by atoms with Crippen LogP contribution in [0.2, 0.25) is 0 Å². The van der Waals surface area contributed by atoms with Crippen molar-refractivity contribution in [2.75, 3.05) is 0 Å². The molecule has 0 amide bonds. The Hall–Kier alpha value is -5.28. The number of hydrogen-bond donors (Lipinski definition) is 0. The molecule has 0 aliphatic rings. The summed E-state index contributed by atoms with van der Waals surface area (Å²) < 4.78 is 11.2. The van der Waals surface area contributed by atoms with E-state index in [1.165, 1.54) is 27.2 Å². The summed E-state index contributed by atoms with van der Waals surface area (Å²) in [5.74, 6) is 0.910. The molecule has 0 saturated heterocycles. The van der Waals surface area contributed by atoms with Crippen LogP contribution in [0.1, 0.15) is 11.3 Å². The van der Waals surface area contributed by atoms with Crippen molar-refractivity contribution in [3.8, 4) is 11.4 Å². The lowest BCUT2D eigenvalue weighted by Crippen LogP contribution is -1.95. The molecule has 3 nitrogen and oxygen atoms in total. The fourth-order valence-corrected chi connectivity index (χ4v) is 6.35. The monoisotopic (exact) mass is 514 g/mol. The number of furan rings is 1. The van der Waals surface area contributed by atoms with Gasteiger partial charge in [-0.05, 0) is 61.5 Å². The highest BCUT2D eigenvalue weighted by Crippen LogP contribution is 2.41. The van der Waals surface area contributed by atoms with Crippen molar-refractivity contribution in [1.82, 2.24) is 9.13 Å². The predicted octanol–water partition coefficient (Wildman–Crippen LogP) is 10.1. The van der Waals surface area contributed by atoms with Crippen LogP contribution in [0.5, 0.6) is 0 Å². The average Bonchev–Trinajstić information content (AvgIpc) is 3.62. The SMILES string of the molecule is C=C/C=C\c1c(C)oc2c1ccc1c2c2ccccc2n1-c1ccc2c(c1)c1ccccc1n2-c1ccccc1. The van der Waals surface area contributed by atoms with E-state index in [1.54, 1.807) is 6.08 Å². The number of allylic oxidation sites excluding steroid dienone is 2. The maximum Gasteiger partial charge on any atom is 0.144 e. The summed E-state index contributed by atoms with van der Waals surface area (Å²) in [7, 11) is 0. The van der Waals surface area contributed by atoms with Gasteiger partial charge in [-0.25, -0.2) is 0 Å². The van der Waals surface area contributed by atoms with E-state index in [2.05, 4.69) is 131 Å². The molecular formula is C37H26N2O. The number of hydrogen-bond acceptors (Lipinski definition) is 1. The van der Waals surface area contributed by atoms with E-state index < -0.39 is 0 Å². The quantitative estimate of drug-likeness (QED) is 0.214. The van der Waals surface area contributed by atoms with Gasteiger partial charge in [0.15, 0.2) is 0 Å². The second-order valence-corrected chi connectivity index (χ2v) is 10.2. The van der Waals surface area contributed by atoms with Crippen LogP contribution >= 0.6 is 0 Å². The number of rotatable bonds is 4. The van der Waals surface area contributed by atoms with Crippen molar-refractivity contribution in [3.63, 3.8) is 0 Å². The predicted molar refractivity (Wildman–Crippen MR) is 169 cm³/mol. The number of nitrogens with zero attached hydrogens (tertiary/aromatic N) is 2. The molecule has 0 atom stereocenters. The average molecular weight is 515 g/mol. The molecule has 0 N–H and O–H groups in total. The summed E-state index contributed by atoms with van der Waals surface area (Å²) in [5.41, 5.74) is 9.01. The number of para-hydroxylation sites is 3. The normalized spacial score (nSPS) is 12.1. The lowest BCUT2D eigenvalue weighted by molar-refractivity contribution is 0.580. The Morgan fingerprint density at radius 3 is 2.05 bits per heavy atom. The van der Waals surface area contributed by atoms with Crippen LogP contribution in [0.15, 0.2) is 132 Å². The van der Waals surface area contributed by atoms with Crippen LogP contribution in [0.4, 0.5) is 0 Å². The fourth-order valence-electron chi connectivity index (χ4n) is 6.35. The zero-order valence-electron chi connectivity index (χ0n) is 22.1. The Morgan fingerprint density at radius 1 is 0.600 bits per heavy atom. The van der Waals surface area contributed by atoms with E-state index >= 15 is 0 Å². The Morgan fingerprint density at radius 2 is 1.25 bits per heavy atom. The van der Waals surface area contributed by atoms with Gasteiger partial charge in [-0.1, -0.05) is 79.4 Å². The van der Waals surface area contributed by atoms with Crippen molar-refractivity contribution >= 4 is 60.7 Å². The maximum absolute atomic E-state index is 6.44. The molecule has 8 rings (SSSR count). The first-order chi connectivity index (χ1) is 19.7. The molecule has 3 aromatic heterocycles. The lowest BCUT2D eigenvalue weighted by atomic mass is 10.1. The van der Waals surface area contributed by atoms with Crippen LogP contribution in [0.3, 0.4) is 0 Å². The summed E-state index contributed by atoms with van der Waals surface area (Å²) in [6.07, 6.45) is 5.84. The fraction of sp³-hybridized carbons (Fsp3) is 0.0270. The molecule has 3 heteroatoms. The second-order valence-electron chi connectivity index (χ2n) is 10.2. The van der Waals surface area contributed by atoms with Crippen molar-refractivity contribution in [3.05, 3.63) is 139 Å². The molecule has 0 saturated carbocycles. The third kappa shape index (κ3) is 3.12. The third-order valence-electron chi connectivity index (χ3n) is 8.04. The highest BCUT2D eigenvalue weighted by atomic mass is 16.3. The summed E-state index contributed by atoms with van der Waals surface area (Å²) >= 11 is 0. The molecule has 0 bridgehead atoms. The van der Waals surface area contributed by atoms with Crippen LogP contribution in [0.25, 0.3) is 72.0 Å². The van der Waals surface area contributed by atoms with E-state index in [4.69, 9.17) is 4.42 Å². The van der Waals surface area contributed by atoms with Crippen molar-refractivity contribution in [1.29, 1.82) is 0 Å². The molecule has 40 heavy (non-hydrogen) atoms. The molecule has 0 aliphatic carbocycles. The smallest absolute Gasteiger partial charge is 0.144 e. The molecule has 0 fully saturated rings. The Balaban J connectivity index is 1.45. The minimum Gasteiger partial charge on any atom is -0.460 e. The number of benzene rings is 5. The van der Waals surface area contributed by atoms with Gasteiger partial charge < -0.3 is 13.6 Å². The largest absolute Gasteiger partial charge is 0.460 e. The van der Waals surface area contributed by atoms with Crippen LogP contribution < -0.4 is 0 Å². The zero-order valence-corrected chi connectivity index (χ0v) is 22.1. The summed E-state index contributed by atoms with van der Waals surface area (Å²) in [4.78, 5) is 0. The summed E-state index contributed by atoms with van der Waals surface area (Å²) in [5, 5.41) is 5.91. The second kappa shape index (κ2) is 8.62. The van der Waals surface area contributed by atoms with Gasteiger partial charge in [-0.3, -0.25) is 0 Å². The summed E-state index contributed by atoms with van der Waals surface area (Å²) in [6, 6.07) is 39.1. The zero-order chi connectivity index (χ0) is 26.8. The van der Waals surface area contributed by atoms with E-state index in [0.717, 1.165) is 50.1 Å². The minimum atomic E-state index is 0.910. The van der Waals surface area contributed by atoms with Gasteiger partial charge in [0.1, 0.15) is 11.3 Å².